The van der Waals surface area contributed by atoms with E-state index in [1.165, 1.54) is 17.6 Å². The molecule has 1 aromatic rings. The predicted octanol–water partition coefficient (Wildman–Crippen LogP) is 5.76. The standard InChI is InChI=1S/C23H28O/c1-15(2)14-23(19-10-9-17-13-20(19)22(17,3)4)12-11-16-7-5-6-8-18(16)21(23)24/h5-8,10,17,20H,1,9,11-14H2,2-4H3. The van der Waals surface area contributed by atoms with Crippen molar-refractivity contribution < 1.29 is 4.79 Å². The number of hydrogen-bond acceptors (Lipinski definition) is 1. The molecule has 24 heavy (non-hydrogen) atoms. The summed E-state index contributed by atoms with van der Waals surface area (Å²) < 4.78 is 0. The number of carbonyl (C=O) groups excluding carboxylic acids is 1. The van der Waals surface area contributed by atoms with Crippen molar-refractivity contribution in [3.05, 3.63) is 59.2 Å². The van der Waals surface area contributed by atoms with Crippen molar-refractivity contribution >= 4 is 5.78 Å². The van der Waals surface area contributed by atoms with Crippen molar-refractivity contribution in [3.63, 3.8) is 0 Å². The molecule has 3 atom stereocenters. The van der Waals surface area contributed by atoms with E-state index in [0.29, 0.717) is 17.1 Å². The first-order valence-electron chi connectivity index (χ1n) is 9.34. The van der Waals surface area contributed by atoms with Gasteiger partial charge in [0.2, 0.25) is 0 Å². The fraction of sp³-hybridized carbons (Fsp3) is 0.522. The lowest BCUT2D eigenvalue weighted by molar-refractivity contribution is -0.0210. The van der Waals surface area contributed by atoms with Crippen LogP contribution < -0.4 is 0 Å². The van der Waals surface area contributed by atoms with E-state index >= 15 is 0 Å². The molecular weight excluding hydrogens is 292 g/mol. The Bertz CT molecular complexity index is 751. The number of carbonyl (C=O) groups is 1. The average Bonchev–Trinajstić information content (AvgIpc) is 2.57. The lowest BCUT2D eigenvalue weighted by Gasteiger charge is -2.60. The third kappa shape index (κ3) is 2.03. The normalized spacial score (nSPS) is 33.3. The summed E-state index contributed by atoms with van der Waals surface area (Å²) >= 11 is 0. The summed E-state index contributed by atoms with van der Waals surface area (Å²) in [6.45, 7) is 11.0. The first kappa shape index (κ1) is 15.9. The lowest BCUT2D eigenvalue weighted by Crippen LogP contribution is -2.53. The predicted molar refractivity (Wildman–Crippen MR) is 99.0 cm³/mol. The molecule has 1 saturated carbocycles. The molecule has 0 heterocycles. The molecule has 0 spiro atoms. The SMILES string of the molecule is C=C(C)CC1(C2=CCC3CC2C3(C)C)CCc2ccccc2C1=O. The molecule has 4 aliphatic carbocycles. The van der Waals surface area contributed by atoms with Crippen LogP contribution in [0.4, 0.5) is 0 Å². The highest BCUT2D eigenvalue weighted by Crippen LogP contribution is 2.64. The molecule has 126 valence electrons. The van der Waals surface area contributed by atoms with Crippen LogP contribution in [0.5, 0.6) is 0 Å². The monoisotopic (exact) mass is 320 g/mol. The van der Waals surface area contributed by atoms with Gasteiger partial charge >= 0.3 is 0 Å². The first-order chi connectivity index (χ1) is 11.4. The van der Waals surface area contributed by atoms with Gasteiger partial charge in [-0.3, -0.25) is 4.79 Å². The zero-order valence-corrected chi connectivity index (χ0v) is 15.2. The minimum atomic E-state index is -0.340. The molecule has 0 amide bonds. The highest BCUT2D eigenvalue weighted by atomic mass is 16.1. The van der Waals surface area contributed by atoms with Crippen molar-refractivity contribution in [1.29, 1.82) is 0 Å². The smallest absolute Gasteiger partial charge is 0.173 e. The van der Waals surface area contributed by atoms with Gasteiger partial charge in [-0.25, -0.2) is 0 Å². The third-order valence-electron chi connectivity index (χ3n) is 7.14. The van der Waals surface area contributed by atoms with Crippen LogP contribution >= 0.6 is 0 Å². The molecule has 0 radical (unpaired) electrons. The lowest BCUT2D eigenvalue weighted by atomic mass is 9.44. The Morgan fingerprint density at radius 1 is 1.29 bits per heavy atom. The summed E-state index contributed by atoms with van der Waals surface area (Å²) in [7, 11) is 0. The highest BCUT2D eigenvalue weighted by molar-refractivity contribution is 6.05. The minimum absolute atomic E-state index is 0.340. The first-order valence-corrected chi connectivity index (χ1v) is 9.34. The molecule has 0 N–H and O–H groups in total. The number of fused-ring (bicyclic) bond motifs is 2. The maximum absolute atomic E-state index is 13.7. The van der Waals surface area contributed by atoms with E-state index in [1.54, 1.807) is 0 Å². The van der Waals surface area contributed by atoms with Gasteiger partial charge in [0.25, 0.3) is 0 Å². The fourth-order valence-corrected chi connectivity index (χ4v) is 5.62. The summed E-state index contributed by atoms with van der Waals surface area (Å²) in [6.07, 6.45) is 7.60. The summed E-state index contributed by atoms with van der Waals surface area (Å²) in [5, 5.41) is 0. The molecule has 0 aliphatic heterocycles. The third-order valence-corrected chi connectivity index (χ3v) is 7.14. The number of ketones is 1. The Labute approximate surface area is 145 Å². The fourth-order valence-electron chi connectivity index (χ4n) is 5.62. The molecule has 5 rings (SSSR count). The highest BCUT2D eigenvalue weighted by Gasteiger charge is 2.57. The van der Waals surface area contributed by atoms with Crippen LogP contribution in [0, 0.1) is 22.7 Å². The van der Waals surface area contributed by atoms with Crippen molar-refractivity contribution in [2.45, 2.75) is 52.9 Å². The van der Waals surface area contributed by atoms with Crippen LogP contribution in [0.1, 0.15) is 62.4 Å². The average molecular weight is 320 g/mol. The number of hydrogen-bond donors (Lipinski definition) is 0. The molecule has 0 saturated heterocycles. The Kier molecular flexibility index (Phi) is 3.43. The largest absolute Gasteiger partial charge is 0.293 e. The Morgan fingerprint density at radius 3 is 2.71 bits per heavy atom. The maximum atomic E-state index is 13.7. The van der Waals surface area contributed by atoms with Crippen LogP contribution in [-0.2, 0) is 6.42 Å². The van der Waals surface area contributed by atoms with Gasteiger partial charge in [-0.05, 0) is 61.8 Å². The van der Waals surface area contributed by atoms with Crippen LogP contribution in [0.25, 0.3) is 0 Å². The van der Waals surface area contributed by atoms with Gasteiger partial charge in [-0.2, -0.15) is 0 Å². The van der Waals surface area contributed by atoms with Crippen LogP contribution in [0.2, 0.25) is 0 Å². The number of allylic oxidation sites excluding steroid dienone is 3. The van der Waals surface area contributed by atoms with Crippen molar-refractivity contribution in [3.8, 4) is 0 Å². The molecule has 0 aromatic heterocycles. The second kappa shape index (κ2) is 5.18. The van der Waals surface area contributed by atoms with Gasteiger partial charge in [0.1, 0.15) is 0 Å². The van der Waals surface area contributed by atoms with Gasteiger partial charge in [0, 0.05) is 5.56 Å². The molecule has 1 nitrogen and oxygen atoms in total. The zero-order valence-electron chi connectivity index (χ0n) is 15.2. The van der Waals surface area contributed by atoms with E-state index in [9.17, 15) is 4.79 Å². The maximum Gasteiger partial charge on any atom is 0.173 e. The Balaban J connectivity index is 1.82. The van der Waals surface area contributed by atoms with E-state index in [2.05, 4.69) is 45.6 Å². The number of benzene rings is 1. The second-order valence-corrected chi connectivity index (χ2v) is 8.90. The number of aryl methyl sites for hydroxylation is 1. The van der Waals surface area contributed by atoms with Gasteiger partial charge in [0.15, 0.2) is 5.78 Å². The van der Waals surface area contributed by atoms with E-state index in [-0.39, 0.29) is 5.41 Å². The van der Waals surface area contributed by atoms with Crippen molar-refractivity contribution in [2.75, 3.05) is 0 Å². The zero-order chi connectivity index (χ0) is 17.1. The van der Waals surface area contributed by atoms with Gasteiger partial charge in [0.05, 0.1) is 5.41 Å². The van der Waals surface area contributed by atoms with Crippen LogP contribution in [0.3, 0.4) is 0 Å². The molecule has 1 heteroatoms. The molecule has 3 unspecified atom stereocenters. The molecule has 4 aliphatic rings. The van der Waals surface area contributed by atoms with Crippen molar-refractivity contribution in [1.82, 2.24) is 0 Å². The van der Waals surface area contributed by atoms with E-state index in [4.69, 9.17) is 0 Å². The topological polar surface area (TPSA) is 17.1 Å². The van der Waals surface area contributed by atoms with Gasteiger partial charge < -0.3 is 0 Å². The minimum Gasteiger partial charge on any atom is -0.293 e. The molecule has 1 fully saturated rings. The molecular formula is C23H28O. The molecule has 1 aromatic carbocycles. The Morgan fingerprint density at radius 2 is 2.04 bits per heavy atom. The Hall–Kier alpha value is -1.63. The molecule has 2 bridgehead atoms. The van der Waals surface area contributed by atoms with E-state index in [0.717, 1.165) is 42.7 Å². The van der Waals surface area contributed by atoms with Crippen LogP contribution in [-0.4, -0.2) is 5.78 Å². The van der Waals surface area contributed by atoms with E-state index < -0.39 is 0 Å². The van der Waals surface area contributed by atoms with Crippen molar-refractivity contribution in [2.24, 2.45) is 22.7 Å². The number of rotatable bonds is 3. The summed E-state index contributed by atoms with van der Waals surface area (Å²) in [6, 6.07) is 8.21. The quantitative estimate of drug-likeness (QED) is 0.647. The van der Waals surface area contributed by atoms with Crippen LogP contribution in [0.15, 0.2) is 48.1 Å². The summed E-state index contributed by atoms with van der Waals surface area (Å²) in [4.78, 5) is 13.7. The second-order valence-electron chi connectivity index (χ2n) is 8.90. The van der Waals surface area contributed by atoms with Gasteiger partial charge in [-0.15, -0.1) is 6.58 Å². The van der Waals surface area contributed by atoms with Gasteiger partial charge in [-0.1, -0.05) is 55.3 Å². The number of Topliss-reactive ketones (excluding diaryl/α,β-unsaturated/α-hetero) is 1. The summed E-state index contributed by atoms with van der Waals surface area (Å²) in [5.74, 6) is 1.73. The van der Waals surface area contributed by atoms with E-state index in [1.807, 2.05) is 12.1 Å². The summed E-state index contributed by atoms with van der Waals surface area (Å²) in [5.41, 5.74) is 4.75.